The van der Waals surface area contributed by atoms with Crippen molar-refractivity contribution in [1.82, 2.24) is 4.90 Å². The number of carbonyl (C=O) groups excluding carboxylic acids is 1. The minimum atomic E-state index is 0.274. The van der Waals surface area contributed by atoms with Gasteiger partial charge in [-0.3, -0.25) is 4.79 Å². The number of nitrogens with zero attached hydrogens (tertiary/aromatic N) is 1. The van der Waals surface area contributed by atoms with Crippen molar-refractivity contribution in [1.29, 1.82) is 0 Å². The molecular formula is C16H22N2O. The summed E-state index contributed by atoms with van der Waals surface area (Å²) in [4.78, 5) is 14.6. The fraction of sp³-hybridized carbons (Fsp3) is 0.562. The number of nitrogens with two attached hydrogens (primary N) is 1. The van der Waals surface area contributed by atoms with E-state index in [2.05, 4.69) is 6.07 Å². The lowest BCUT2D eigenvalue weighted by atomic mass is 9.87. The van der Waals surface area contributed by atoms with Gasteiger partial charge in [0.05, 0.1) is 0 Å². The van der Waals surface area contributed by atoms with Crippen LogP contribution in [0.15, 0.2) is 18.2 Å². The average Bonchev–Trinajstić information content (AvgIpc) is 2.46. The first kappa shape index (κ1) is 12.5. The Balaban J connectivity index is 1.72. The van der Waals surface area contributed by atoms with E-state index in [9.17, 15) is 4.79 Å². The van der Waals surface area contributed by atoms with E-state index in [1.807, 2.05) is 17.0 Å². The molecule has 3 heteroatoms. The molecule has 0 saturated heterocycles. The normalized spacial score (nSPS) is 20.1. The lowest BCUT2D eigenvalue weighted by Crippen LogP contribution is -2.40. The molecule has 1 amide bonds. The number of fused-ring (bicyclic) bond motifs is 1. The van der Waals surface area contributed by atoms with Gasteiger partial charge in [-0.2, -0.15) is 0 Å². The summed E-state index contributed by atoms with van der Waals surface area (Å²) in [5.74, 6) is 0.643. The lowest BCUT2D eigenvalue weighted by Gasteiger charge is -2.33. The molecule has 0 aromatic heterocycles. The van der Waals surface area contributed by atoms with Crippen LogP contribution < -0.4 is 5.73 Å². The number of nitrogen functional groups attached to an aromatic ring is 1. The number of amides is 1. The Kier molecular flexibility index (Phi) is 3.45. The number of hydrogen-bond donors (Lipinski definition) is 1. The molecule has 1 aromatic carbocycles. The summed E-state index contributed by atoms with van der Waals surface area (Å²) in [5, 5.41) is 0. The van der Waals surface area contributed by atoms with Crippen LogP contribution in [0.2, 0.25) is 0 Å². The summed E-state index contributed by atoms with van der Waals surface area (Å²) >= 11 is 0. The third kappa shape index (κ3) is 2.60. The van der Waals surface area contributed by atoms with E-state index in [1.54, 1.807) is 0 Å². The van der Waals surface area contributed by atoms with Crippen LogP contribution in [-0.4, -0.2) is 17.4 Å². The van der Waals surface area contributed by atoms with Crippen LogP contribution >= 0.6 is 0 Å². The van der Waals surface area contributed by atoms with Gasteiger partial charge in [0.1, 0.15) is 0 Å². The van der Waals surface area contributed by atoms with Gasteiger partial charge >= 0.3 is 0 Å². The molecule has 1 fully saturated rings. The molecule has 0 radical (unpaired) electrons. The van der Waals surface area contributed by atoms with Gasteiger partial charge in [0.25, 0.3) is 0 Å². The van der Waals surface area contributed by atoms with Crippen molar-refractivity contribution >= 4 is 11.6 Å². The SMILES string of the molecule is Nc1ccc2c(c1)CN(C(=O)C1CCCCC1)CC2. The van der Waals surface area contributed by atoms with Gasteiger partial charge in [0.15, 0.2) is 0 Å². The topological polar surface area (TPSA) is 46.3 Å². The Morgan fingerprint density at radius 2 is 1.95 bits per heavy atom. The highest BCUT2D eigenvalue weighted by Crippen LogP contribution is 2.28. The minimum absolute atomic E-state index is 0.274. The summed E-state index contributed by atoms with van der Waals surface area (Å²) in [6.07, 6.45) is 6.86. The number of anilines is 1. The maximum absolute atomic E-state index is 12.5. The van der Waals surface area contributed by atoms with E-state index in [0.29, 0.717) is 5.91 Å². The molecule has 1 aromatic rings. The summed E-state index contributed by atoms with van der Waals surface area (Å²) in [6.45, 7) is 1.61. The third-order valence-electron chi connectivity index (χ3n) is 4.51. The van der Waals surface area contributed by atoms with Crippen molar-refractivity contribution in [2.75, 3.05) is 12.3 Å². The fourth-order valence-corrected chi connectivity index (χ4v) is 3.37. The molecule has 1 heterocycles. The highest BCUT2D eigenvalue weighted by molar-refractivity contribution is 5.79. The van der Waals surface area contributed by atoms with Crippen LogP contribution in [0.3, 0.4) is 0 Å². The third-order valence-corrected chi connectivity index (χ3v) is 4.51. The molecule has 19 heavy (non-hydrogen) atoms. The molecule has 3 nitrogen and oxygen atoms in total. The van der Waals surface area contributed by atoms with E-state index in [4.69, 9.17) is 5.73 Å². The number of hydrogen-bond acceptors (Lipinski definition) is 2. The van der Waals surface area contributed by atoms with Gasteiger partial charge in [-0.15, -0.1) is 0 Å². The first-order valence-corrected chi connectivity index (χ1v) is 7.40. The standard InChI is InChI=1S/C16H22N2O/c17-15-7-6-12-8-9-18(11-14(12)10-15)16(19)13-4-2-1-3-5-13/h6-7,10,13H,1-5,8-9,11,17H2. The van der Waals surface area contributed by atoms with Crippen LogP contribution in [-0.2, 0) is 17.8 Å². The molecule has 0 spiro atoms. The number of rotatable bonds is 1. The molecule has 1 saturated carbocycles. The van der Waals surface area contributed by atoms with Crippen molar-refractivity contribution < 1.29 is 4.79 Å². The number of carbonyl (C=O) groups is 1. The molecule has 1 aliphatic heterocycles. The van der Waals surface area contributed by atoms with Crippen LogP contribution in [0.25, 0.3) is 0 Å². The van der Waals surface area contributed by atoms with Crippen molar-refractivity contribution in [3.63, 3.8) is 0 Å². The van der Waals surface area contributed by atoms with Gasteiger partial charge in [-0.1, -0.05) is 25.3 Å². The quantitative estimate of drug-likeness (QED) is 0.787. The van der Waals surface area contributed by atoms with E-state index >= 15 is 0 Å². The summed E-state index contributed by atoms with van der Waals surface area (Å²) < 4.78 is 0. The summed E-state index contributed by atoms with van der Waals surface area (Å²) in [6, 6.07) is 6.08. The molecular weight excluding hydrogens is 236 g/mol. The Morgan fingerprint density at radius 1 is 1.16 bits per heavy atom. The van der Waals surface area contributed by atoms with E-state index in [1.165, 1.54) is 30.4 Å². The zero-order chi connectivity index (χ0) is 13.2. The van der Waals surface area contributed by atoms with Gasteiger partial charge in [-0.25, -0.2) is 0 Å². The second-order valence-corrected chi connectivity index (χ2v) is 5.87. The fourth-order valence-electron chi connectivity index (χ4n) is 3.37. The molecule has 102 valence electrons. The smallest absolute Gasteiger partial charge is 0.225 e. The van der Waals surface area contributed by atoms with E-state index in [-0.39, 0.29) is 5.92 Å². The van der Waals surface area contributed by atoms with Gasteiger partial charge < -0.3 is 10.6 Å². The zero-order valence-corrected chi connectivity index (χ0v) is 11.4. The monoisotopic (exact) mass is 258 g/mol. The van der Waals surface area contributed by atoms with Gasteiger partial charge in [-0.05, 0) is 42.5 Å². The highest BCUT2D eigenvalue weighted by Gasteiger charge is 2.28. The molecule has 3 rings (SSSR count). The average molecular weight is 258 g/mol. The van der Waals surface area contributed by atoms with Crippen molar-refractivity contribution in [3.05, 3.63) is 29.3 Å². The molecule has 0 bridgehead atoms. The summed E-state index contributed by atoms with van der Waals surface area (Å²) in [7, 11) is 0. The zero-order valence-electron chi connectivity index (χ0n) is 11.4. The van der Waals surface area contributed by atoms with E-state index in [0.717, 1.165) is 38.0 Å². The Hall–Kier alpha value is -1.51. The first-order valence-electron chi connectivity index (χ1n) is 7.40. The van der Waals surface area contributed by atoms with Crippen molar-refractivity contribution in [3.8, 4) is 0 Å². The highest BCUT2D eigenvalue weighted by atomic mass is 16.2. The molecule has 0 unspecified atom stereocenters. The lowest BCUT2D eigenvalue weighted by molar-refractivity contribution is -0.137. The minimum Gasteiger partial charge on any atom is -0.399 e. The molecule has 1 aliphatic carbocycles. The second kappa shape index (κ2) is 5.24. The van der Waals surface area contributed by atoms with Crippen LogP contribution in [0.1, 0.15) is 43.2 Å². The largest absolute Gasteiger partial charge is 0.399 e. The second-order valence-electron chi connectivity index (χ2n) is 5.87. The van der Waals surface area contributed by atoms with Crippen molar-refractivity contribution in [2.45, 2.75) is 45.1 Å². The Bertz CT molecular complexity index is 478. The van der Waals surface area contributed by atoms with Crippen molar-refractivity contribution in [2.24, 2.45) is 5.92 Å². The van der Waals surface area contributed by atoms with Gasteiger partial charge in [0.2, 0.25) is 5.91 Å². The molecule has 0 atom stereocenters. The maximum atomic E-state index is 12.5. The molecule has 2 aliphatic rings. The van der Waals surface area contributed by atoms with Crippen LogP contribution in [0.4, 0.5) is 5.69 Å². The Labute approximate surface area is 114 Å². The van der Waals surface area contributed by atoms with Crippen LogP contribution in [0, 0.1) is 5.92 Å². The summed E-state index contributed by atoms with van der Waals surface area (Å²) in [5.41, 5.74) is 9.22. The number of benzene rings is 1. The van der Waals surface area contributed by atoms with Crippen LogP contribution in [0.5, 0.6) is 0 Å². The van der Waals surface area contributed by atoms with E-state index < -0.39 is 0 Å². The van der Waals surface area contributed by atoms with Gasteiger partial charge in [0, 0.05) is 24.7 Å². The predicted molar refractivity (Wildman–Crippen MR) is 76.6 cm³/mol. The molecule has 2 N–H and O–H groups in total. The first-order chi connectivity index (χ1) is 9.24. The predicted octanol–water partition coefficient (Wildman–Crippen LogP) is 2.73. The Morgan fingerprint density at radius 3 is 2.74 bits per heavy atom. The maximum Gasteiger partial charge on any atom is 0.225 e.